The van der Waals surface area contributed by atoms with E-state index in [2.05, 4.69) is 45.5 Å². The first kappa shape index (κ1) is 53.8. The molecule has 2 saturated heterocycles. The molecule has 0 saturated carbocycles. The van der Waals surface area contributed by atoms with Crippen LogP contribution in [0.15, 0.2) is 70.5 Å². The minimum atomic E-state index is -0.785. The van der Waals surface area contributed by atoms with Gasteiger partial charge in [0.05, 0.1) is 71.5 Å². The second kappa shape index (κ2) is 23.7. The Kier molecular flexibility index (Phi) is 17.8. The van der Waals surface area contributed by atoms with Gasteiger partial charge in [-0.2, -0.15) is 0 Å². The zero-order chi connectivity index (χ0) is 52.0. The van der Waals surface area contributed by atoms with Crippen molar-refractivity contribution in [2.45, 2.75) is 131 Å². The first-order valence-corrected chi connectivity index (χ1v) is 25.5. The molecule has 0 spiro atoms. The highest BCUT2D eigenvalue weighted by Crippen LogP contribution is 2.31. The van der Waals surface area contributed by atoms with E-state index in [1.54, 1.807) is 37.1 Å². The third-order valence-corrected chi connectivity index (χ3v) is 13.8. The molecule has 2 aliphatic rings. The van der Waals surface area contributed by atoms with E-state index in [1.807, 2.05) is 66.1 Å². The second-order valence-corrected chi connectivity index (χ2v) is 20.6. The number of aromatic nitrogens is 6. The Balaban J connectivity index is 0.000000211. The Morgan fingerprint density at radius 3 is 1.35 bits per heavy atom. The van der Waals surface area contributed by atoms with Gasteiger partial charge >= 0.3 is 11.9 Å². The van der Waals surface area contributed by atoms with Crippen molar-refractivity contribution < 1.29 is 38.7 Å². The van der Waals surface area contributed by atoms with Gasteiger partial charge in [0.15, 0.2) is 0 Å². The molecule has 2 unspecified atom stereocenters. The van der Waals surface area contributed by atoms with Crippen LogP contribution in [0.2, 0.25) is 0 Å². The molecule has 0 amide bonds. The van der Waals surface area contributed by atoms with Crippen LogP contribution in [0.4, 0.5) is 0 Å². The molecule has 4 aromatic heterocycles. The summed E-state index contributed by atoms with van der Waals surface area (Å²) in [7, 11) is 3.52. The fourth-order valence-electron chi connectivity index (χ4n) is 9.84. The Morgan fingerprint density at radius 1 is 0.639 bits per heavy atom. The predicted octanol–water partition coefficient (Wildman–Crippen LogP) is 7.26. The summed E-state index contributed by atoms with van der Waals surface area (Å²) in [6, 6.07) is 16.2. The SMILES string of the molecule is Cc1cc(-c2nc3cc(CC[C@H](C(=O)OC(C)C)[C@@H](C)O)ccc3n2CC2CCOC2)cn(C)c1=O.Cc1cc(-c2nc3cc(CC[C@H](C(=O)OC(C)C)[C@@H](C)O)ccc3n2CC2CCOC2)cn(C)c1=O. The van der Waals surface area contributed by atoms with Gasteiger partial charge in [0, 0.05) is 86.9 Å². The normalized spacial score (nSPS) is 17.6. The number of aliphatic hydroxyl groups is 2. The summed E-state index contributed by atoms with van der Waals surface area (Å²) in [5, 5.41) is 20.3. The van der Waals surface area contributed by atoms with Gasteiger partial charge in [-0.25, -0.2) is 9.97 Å². The number of nitrogens with zero attached hydrogens (tertiary/aromatic N) is 6. The van der Waals surface area contributed by atoms with Crippen LogP contribution in [0.5, 0.6) is 0 Å². The highest BCUT2D eigenvalue weighted by molar-refractivity contribution is 5.83. The third-order valence-electron chi connectivity index (χ3n) is 13.8. The Morgan fingerprint density at radius 2 is 1.03 bits per heavy atom. The summed E-state index contributed by atoms with van der Waals surface area (Å²) in [5.74, 6) is 0.596. The summed E-state index contributed by atoms with van der Waals surface area (Å²) in [6.45, 7) is 18.7. The van der Waals surface area contributed by atoms with Gasteiger partial charge in [0.1, 0.15) is 11.6 Å². The van der Waals surface area contributed by atoms with E-state index < -0.39 is 24.0 Å². The summed E-state index contributed by atoms with van der Waals surface area (Å²) < 4.78 is 29.6. The van der Waals surface area contributed by atoms with Crippen molar-refractivity contribution in [1.82, 2.24) is 28.2 Å². The van der Waals surface area contributed by atoms with Crippen LogP contribution in [-0.2, 0) is 68.6 Å². The lowest BCUT2D eigenvalue weighted by atomic mass is 9.95. The van der Waals surface area contributed by atoms with Gasteiger partial charge in [0.2, 0.25) is 0 Å². The van der Waals surface area contributed by atoms with Crippen LogP contribution in [0.3, 0.4) is 0 Å². The molecule has 388 valence electrons. The maximum Gasteiger partial charge on any atom is 0.311 e. The molecule has 2 fully saturated rings. The molecule has 6 atom stereocenters. The third kappa shape index (κ3) is 13.0. The highest BCUT2D eigenvalue weighted by Gasteiger charge is 2.28. The summed E-state index contributed by atoms with van der Waals surface area (Å²) in [4.78, 5) is 59.5. The lowest BCUT2D eigenvalue weighted by Crippen LogP contribution is -2.30. The van der Waals surface area contributed by atoms with Crippen LogP contribution < -0.4 is 11.1 Å². The highest BCUT2D eigenvalue weighted by atomic mass is 16.5. The number of carbonyl (C=O) groups excluding carboxylic acids is 2. The van der Waals surface area contributed by atoms with E-state index in [9.17, 15) is 29.4 Å². The summed E-state index contributed by atoms with van der Waals surface area (Å²) >= 11 is 0. The molecular weight excluding hydrogens is 917 g/mol. The molecular formula is C56H74N6O10. The van der Waals surface area contributed by atoms with Gasteiger partial charge < -0.3 is 47.4 Å². The lowest BCUT2D eigenvalue weighted by Gasteiger charge is -2.20. The number of hydrogen-bond acceptors (Lipinski definition) is 12. The minimum Gasteiger partial charge on any atom is -0.463 e. The van der Waals surface area contributed by atoms with Gasteiger partial charge in [-0.05, 0) is 141 Å². The monoisotopic (exact) mass is 991 g/mol. The van der Waals surface area contributed by atoms with Crippen molar-refractivity contribution in [2.75, 3.05) is 26.4 Å². The Labute approximate surface area is 421 Å². The van der Waals surface area contributed by atoms with Crippen molar-refractivity contribution in [2.24, 2.45) is 37.8 Å². The number of pyridine rings is 2. The van der Waals surface area contributed by atoms with E-state index in [0.29, 0.717) is 48.6 Å². The maximum atomic E-state index is 12.4. The molecule has 0 radical (unpaired) electrons. The maximum absolute atomic E-state index is 12.4. The molecule has 6 heterocycles. The number of imidazole rings is 2. The first-order chi connectivity index (χ1) is 34.3. The quantitative estimate of drug-likeness (QED) is 0.0822. The van der Waals surface area contributed by atoms with Crippen molar-refractivity contribution in [3.8, 4) is 22.8 Å². The van der Waals surface area contributed by atoms with Crippen molar-refractivity contribution in [3.63, 3.8) is 0 Å². The molecule has 8 rings (SSSR count). The number of hydrogen-bond donors (Lipinski definition) is 2. The number of rotatable bonds is 18. The van der Waals surface area contributed by atoms with Gasteiger partial charge in [-0.1, -0.05) is 12.1 Å². The van der Waals surface area contributed by atoms with E-state index in [4.69, 9.17) is 28.9 Å². The van der Waals surface area contributed by atoms with Crippen molar-refractivity contribution in [3.05, 3.63) is 104 Å². The van der Waals surface area contributed by atoms with Crippen LogP contribution in [-0.4, -0.2) is 101 Å². The smallest absolute Gasteiger partial charge is 0.311 e. The Bertz CT molecular complexity index is 2720. The molecule has 2 aliphatic heterocycles. The number of benzene rings is 2. The molecule has 2 N–H and O–H groups in total. The van der Waals surface area contributed by atoms with Gasteiger partial charge in [-0.15, -0.1) is 0 Å². The predicted molar refractivity (Wildman–Crippen MR) is 278 cm³/mol. The van der Waals surface area contributed by atoms with Gasteiger partial charge in [0.25, 0.3) is 11.1 Å². The average Bonchev–Trinajstić information content (AvgIpc) is 4.15. The molecule has 6 aromatic rings. The number of aliphatic hydroxyl groups excluding tert-OH is 2. The minimum absolute atomic E-state index is 0.0171. The molecule has 16 nitrogen and oxygen atoms in total. The fraction of sp³-hybridized carbons (Fsp3) is 0.536. The Hall–Kier alpha value is -5.94. The topological polar surface area (TPSA) is 191 Å². The fourth-order valence-corrected chi connectivity index (χ4v) is 9.84. The van der Waals surface area contributed by atoms with E-state index in [1.165, 1.54) is 0 Å². The number of carbonyl (C=O) groups is 2. The van der Waals surface area contributed by atoms with Crippen LogP contribution >= 0.6 is 0 Å². The number of fused-ring (bicyclic) bond motifs is 2. The first-order valence-electron chi connectivity index (χ1n) is 25.5. The second-order valence-electron chi connectivity index (χ2n) is 20.6. The van der Waals surface area contributed by atoms with Crippen molar-refractivity contribution in [1.29, 1.82) is 0 Å². The number of esters is 2. The largest absolute Gasteiger partial charge is 0.463 e. The van der Waals surface area contributed by atoms with Crippen LogP contribution in [0, 0.1) is 37.5 Å². The molecule has 0 bridgehead atoms. The van der Waals surface area contributed by atoms with Crippen LogP contribution in [0.25, 0.3) is 44.8 Å². The molecule has 72 heavy (non-hydrogen) atoms. The summed E-state index contributed by atoms with van der Waals surface area (Å²) in [6.07, 6.45) is 5.91. The van der Waals surface area contributed by atoms with E-state index >= 15 is 0 Å². The van der Waals surface area contributed by atoms with Crippen LogP contribution in [0.1, 0.15) is 89.5 Å². The van der Waals surface area contributed by atoms with E-state index in [-0.39, 0.29) is 35.3 Å². The number of aryl methyl sites for hydroxylation is 6. The summed E-state index contributed by atoms with van der Waals surface area (Å²) in [5.41, 5.74) is 8.99. The number of ether oxygens (including phenoxy) is 4. The average molecular weight is 991 g/mol. The van der Waals surface area contributed by atoms with Crippen molar-refractivity contribution >= 4 is 34.0 Å². The molecule has 2 aromatic carbocycles. The molecule has 16 heteroatoms. The zero-order valence-corrected chi connectivity index (χ0v) is 43.7. The zero-order valence-electron chi connectivity index (χ0n) is 43.7. The van der Waals surface area contributed by atoms with Gasteiger partial charge in [-0.3, -0.25) is 19.2 Å². The lowest BCUT2D eigenvalue weighted by molar-refractivity contribution is -0.157. The standard InChI is InChI=1S/2C28H37N3O5/c2*1-17(2)36-28(34)23(19(4)32)8-6-20-7-9-25-24(13-20)29-26(31(25)14-21-10-11-35-16-21)22-12-18(3)27(33)30(5)15-22/h2*7,9,12-13,15,17,19,21,23,32H,6,8,10-11,14,16H2,1-5H3/t2*19-,21?,23+/m11/s1. The molecule has 0 aliphatic carbocycles. The van der Waals surface area contributed by atoms with E-state index in [0.717, 1.165) is 108 Å².